The van der Waals surface area contributed by atoms with Gasteiger partial charge in [-0.05, 0) is 31.4 Å². The maximum atomic E-state index is 14.4. The highest BCUT2D eigenvalue weighted by molar-refractivity contribution is 5.98. The molecule has 0 saturated heterocycles. The molecule has 1 aromatic carbocycles. The van der Waals surface area contributed by atoms with E-state index in [1.54, 1.807) is 24.5 Å². The molecule has 3 aromatic rings. The number of fused-ring (bicyclic) bond motifs is 5. The van der Waals surface area contributed by atoms with E-state index < -0.39 is 17.4 Å². The summed E-state index contributed by atoms with van der Waals surface area (Å²) in [7, 11) is 0. The van der Waals surface area contributed by atoms with Crippen LogP contribution in [0.4, 0.5) is 10.1 Å². The summed E-state index contributed by atoms with van der Waals surface area (Å²) in [5.74, 6) is -1.21. The zero-order valence-electron chi connectivity index (χ0n) is 17.5. The first-order valence-corrected chi connectivity index (χ1v) is 10.3. The van der Waals surface area contributed by atoms with E-state index in [1.165, 1.54) is 6.07 Å². The van der Waals surface area contributed by atoms with Crippen LogP contribution < -0.4 is 11.3 Å². The van der Waals surface area contributed by atoms with Crippen molar-refractivity contribution in [2.45, 2.75) is 52.4 Å². The molecule has 0 fully saturated rings. The van der Waals surface area contributed by atoms with Crippen LogP contribution in [0.25, 0.3) is 22.3 Å². The molecule has 0 aliphatic carbocycles. The number of rotatable bonds is 2. The van der Waals surface area contributed by atoms with Crippen molar-refractivity contribution in [2.75, 3.05) is 5.73 Å². The molecular formula is C23H22FN3O4. The second kappa shape index (κ2) is 6.37. The number of carbonyl (C=O) groups is 1. The lowest BCUT2D eigenvalue weighted by atomic mass is 9.86. The summed E-state index contributed by atoms with van der Waals surface area (Å²) in [5.41, 5.74) is 8.51. The van der Waals surface area contributed by atoms with Crippen LogP contribution in [0.2, 0.25) is 0 Å². The third-order valence-corrected chi connectivity index (χ3v) is 6.69. The number of aliphatic hydroxyl groups is 1. The molecule has 31 heavy (non-hydrogen) atoms. The Morgan fingerprint density at radius 3 is 2.71 bits per heavy atom. The lowest BCUT2D eigenvalue weighted by Crippen LogP contribution is -2.44. The predicted octanol–water partition coefficient (Wildman–Crippen LogP) is 2.67. The van der Waals surface area contributed by atoms with Crippen molar-refractivity contribution in [3.63, 3.8) is 0 Å². The Labute approximate surface area is 177 Å². The van der Waals surface area contributed by atoms with Gasteiger partial charge in [-0.1, -0.05) is 13.8 Å². The van der Waals surface area contributed by atoms with E-state index in [0.29, 0.717) is 40.0 Å². The van der Waals surface area contributed by atoms with E-state index in [1.807, 2.05) is 6.92 Å². The molecule has 5 rings (SSSR count). The number of aromatic nitrogens is 2. The lowest BCUT2D eigenvalue weighted by molar-refractivity contribution is -0.172. The van der Waals surface area contributed by atoms with Gasteiger partial charge in [-0.3, -0.25) is 4.79 Å². The van der Waals surface area contributed by atoms with Crippen molar-refractivity contribution >= 4 is 22.6 Å². The third-order valence-electron chi connectivity index (χ3n) is 6.69. The molecule has 2 aliphatic heterocycles. The normalized spacial score (nSPS) is 19.2. The quantitative estimate of drug-likeness (QED) is 0.379. The van der Waals surface area contributed by atoms with Gasteiger partial charge in [0.1, 0.15) is 12.4 Å². The predicted molar refractivity (Wildman–Crippen MR) is 113 cm³/mol. The average molecular weight is 423 g/mol. The Balaban J connectivity index is 1.86. The summed E-state index contributed by atoms with van der Waals surface area (Å²) in [5, 5.41) is 11.7. The number of pyridine rings is 2. The molecule has 2 aromatic heterocycles. The monoisotopic (exact) mass is 423 g/mol. The SMILES string of the molecule is CCc1c2c(nc3cc(F)c(C)c(N)c13)-c1cc3c(c(=O)n1C2)COC(=O)[C@]3(O)CC. The van der Waals surface area contributed by atoms with Gasteiger partial charge in [0.2, 0.25) is 0 Å². The van der Waals surface area contributed by atoms with Gasteiger partial charge in [0.15, 0.2) is 5.60 Å². The average Bonchev–Trinajstić information content (AvgIpc) is 3.12. The van der Waals surface area contributed by atoms with Crippen molar-refractivity contribution in [2.24, 2.45) is 0 Å². The van der Waals surface area contributed by atoms with Crippen LogP contribution in [-0.4, -0.2) is 20.6 Å². The number of hydrogen-bond acceptors (Lipinski definition) is 6. The Morgan fingerprint density at radius 2 is 2.03 bits per heavy atom. The number of benzene rings is 1. The summed E-state index contributed by atoms with van der Waals surface area (Å²) >= 11 is 0. The standard InChI is InChI=1S/C23H22FN3O4/c1-4-11-12-8-27-17(20(12)26-16-7-15(24)10(3)19(25)18(11)16)6-14-13(21(27)28)9-31-22(29)23(14,30)5-2/h6-7,30H,4-5,8-9,25H2,1-3H3/t23-/m0/s1. The maximum Gasteiger partial charge on any atom is 0.343 e. The fourth-order valence-electron chi connectivity index (χ4n) is 4.82. The molecule has 0 saturated carbocycles. The largest absolute Gasteiger partial charge is 0.458 e. The Morgan fingerprint density at radius 1 is 1.29 bits per heavy atom. The van der Waals surface area contributed by atoms with Crippen LogP contribution in [0.1, 0.15) is 48.1 Å². The Hall–Kier alpha value is -3.26. The van der Waals surface area contributed by atoms with Crippen molar-refractivity contribution in [1.82, 2.24) is 9.55 Å². The molecule has 2 aliphatic rings. The van der Waals surface area contributed by atoms with Crippen molar-refractivity contribution < 1.29 is 19.0 Å². The van der Waals surface area contributed by atoms with Crippen LogP contribution >= 0.6 is 0 Å². The number of halogens is 1. The van der Waals surface area contributed by atoms with Crippen molar-refractivity contribution in [3.8, 4) is 11.4 Å². The first-order chi connectivity index (χ1) is 14.7. The highest BCUT2D eigenvalue weighted by Crippen LogP contribution is 2.41. The van der Waals surface area contributed by atoms with Gasteiger partial charge >= 0.3 is 5.97 Å². The van der Waals surface area contributed by atoms with Crippen LogP contribution in [0.15, 0.2) is 16.9 Å². The molecule has 0 spiro atoms. The molecule has 0 unspecified atom stereocenters. The molecule has 1 atom stereocenters. The zero-order valence-corrected chi connectivity index (χ0v) is 17.5. The molecule has 3 N–H and O–H groups in total. The molecule has 0 radical (unpaired) electrons. The number of ether oxygens (including phenoxy) is 1. The van der Waals surface area contributed by atoms with Crippen LogP contribution in [0, 0.1) is 12.7 Å². The summed E-state index contributed by atoms with van der Waals surface area (Å²) < 4.78 is 21.1. The van der Waals surface area contributed by atoms with E-state index in [4.69, 9.17) is 10.5 Å². The molecule has 0 amide bonds. The number of nitrogens with two attached hydrogens (primary N) is 1. The number of carbonyl (C=O) groups excluding carboxylic acids is 1. The number of esters is 1. The van der Waals surface area contributed by atoms with Gasteiger partial charge < -0.3 is 20.1 Å². The van der Waals surface area contributed by atoms with E-state index in [-0.39, 0.29) is 36.3 Å². The summed E-state index contributed by atoms with van der Waals surface area (Å²) in [6.07, 6.45) is 0.695. The molecule has 0 bridgehead atoms. The number of hydrogen-bond donors (Lipinski definition) is 2. The number of cyclic esters (lactones) is 1. The summed E-state index contributed by atoms with van der Waals surface area (Å²) in [6.45, 7) is 5.37. The second-order valence-electron chi connectivity index (χ2n) is 8.17. The maximum absolute atomic E-state index is 14.4. The third kappa shape index (κ3) is 2.39. The molecule has 160 valence electrons. The first-order valence-electron chi connectivity index (χ1n) is 10.3. The summed E-state index contributed by atoms with van der Waals surface area (Å²) in [6, 6.07) is 3.01. The van der Waals surface area contributed by atoms with E-state index in [0.717, 1.165) is 11.1 Å². The van der Waals surface area contributed by atoms with Crippen LogP contribution in [-0.2, 0) is 34.7 Å². The van der Waals surface area contributed by atoms with Crippen LogP contribution in [0.3, 0.4) is 0 Å². The summed E-state index contributed by atoms with van der Waals surface area (Å²) in [4.78, 5) is 30.3. The number of anilines is 1. The Kier molecular flexibility index (Phi) is 4.05. The Bertz CT molecular complexity index is 1380. The minimum atomic E-state index is -1.89. The topological polar surface area (TPSA) is 107 Å². The zero-order chi connectivity index (χ0) is 22.2. The highest BCUT2D eigenvalue weighted by atomic mass is 19.1. The molecule has 8 heteroatoms. The van der Waals surface area contributed by atoms with Gasteiger partial charge in [-0.25, -0.2) is 14.2 Å². The van der Waals surface area contributed by atoms with Gasteiger partial charge in [0.25, 0.3) is 5.56 Å². The number of nitrogens with zero attached hydrogens (tertiary/aromatic N) is 2. The fourth-order valence-corrected chi connectivity index (χ4v) is 4.82. The minimum absolute atomic E-state index is 0.0704. The number of aryl methyl sites for hydroxylation is 1. The first kappa shape index (κ1) is 19.7. The van der Waals surface area contributed by atoms with Gasteiger partial charge in [-0.15, -0.1) is 0 Å². The fraction of sp³-hybridized carbons (Fsp3) is 0.348. The van der Waals surface area contributed by atoms with E-state index in [9.17, 15) is 19.1 Å². The van der Waals surface area contributed by atoms with E-state index >= 15 is 0 Å². The lowest BCUT2D eigenvalue weighted by Gasteiger charge is -2.31. The van der Waals surface area contributed by atoms with Gasteiger partial charge in [-0.2, -0.15) is 0 Å². The van der Waals surface area contributed by atoms with E-state index in [2.05, 4.69) is 4.98 Å². The smallest absolute Gasteiger partial charge is 0.343 e. The highest BCUT2D eigenvalue weighted by Gasteiger charge is 2.45. The van der Waals surface area contributed by atoms with Crippen LogP contribution in [0.5, 0.6) is 0 Å². The van der Waals surface area contributed by atoms with Crippen molar-refractivity contribution in [3.05, 3.63) is 56.1 Å². The van der Waals surface area contributed by atoms with Gasteiger partial charge in [0, 0.05) is 33.8 Å². The minimum Gasteiger partial charge on any atom is -0.458 e. The number of nitrogen functional groups attached to an aromatic ring is 1. The molecule has 7 nitrogen and oxygen atoms in total. The van der Waals surface area contributed by atoms with Gasteiger partial charge in [0.05, 0.1) is 29.0 Å². The second-order valence-corrected chi connectivity index (χ2v) is 8.17. The molecular weight excluding hydrogens is 401 g/mol. The van der Waals surface area contributed by atoms with Crippen molar-refractivity contribution in [1.29, 1.82) is 0 Å². The molecule has 4 heterocycles.